The molecule has 1 aromatic heterocycles. The Bertz CT molecular complexity index is 514. The number of nitrogens with one attached hydrogen (secondary N) is 1. The summed E-state index contributed by atoms with van der Waals surface area (Å²) in [5, 5.41) is 0. The van der Waals surface area contributed by atoms with Crippen LogP contribution in [-0.4, -0.2) is 16.3 Å². The summed E-state index contributed by atoms with van der Waals surface area (Å²) in [5.41, 5.74) is 7.31. The predicted molar refractivity (Wildman–Crippen MR) is 57.8 cm³/mol. The second kappa shape index (κ2) is 3.43. The van der Waals surface area contributed by atoms with Crippen LogP contribution in [0, 0.1) is 4.77 Å². The molecule has 0 saturated heterocycles. The lowest BCUT2D eigenvalue weighted by molar-refractivity contribution is 0.330. The number of hydrogen-bond acceptors (Lipinski definition) is 3. The largest absolute Gasteiger partial charge is 0.479 e. The molecule has 14 heavy (non-hydrogen) atoms. The third kappa shape index (κ3) is 1.40. The number of nitrogens with two attached hydrogens (primary N) is 1. The Morgan fingerprint density at radius 3 is 3.07 bits per heavy atom. The lowest BCUT2D eigenvalue weighted by Gasteiger charge is -2.02. The van der Waals surface area contributed by atoms with E-state index in [2.05, 4.69) is 4.98 Å². The summed E-state index contributed by atoms with van der Waals surface area (Å²) >= 11 is 5.10. The quantitative estimate of drug-likeness (QED) is 0.582. The molecule has 5 heteroatoms. The van der Waals surface area contributed by atoms with E-state index in [1.54, 1.807) is 0 Å². The Labute approximate surface area is 86.3 Å². The van der Waals surface area contributed by atoms with Gasteiger partial charge in [-0.15, -0.1) is 0 Å². The Kier molecular flexibility index (Phi) is 2.26. The van der Waals surface area contributed by atoms with E-state index in [4.69, 9.17) is 22.7 Å². The van der Waals surface area contributed by atoms with Gasteiger partial charge in [-0.3, -0.25) is 5.73 Å². The van der Waals surface area contributed by atoms with E-state index in [1.807, 2.05) is 29.8 Å². The first-order chi connectivity index (χ1) is 6.72. The minimum Gasteiger partial charge on any atom is -0.479 e. The van der Waals surface area contributed by atoms with Crippen LogP contribution < -0.4 is 10.5 Å². The van der Waals surface area contributed by atoms with Crippen molar-refractivity contribution in [1.29, 1.82) is 0 Å². The van der Waals surface area contributed by atoms with Gasteiger partial charge in [0, 0.05) is 13.1 Å². The van der Waals surface area contributed by atoms with Crippen molar-refractivity contribution in [3.8, 4) is 5.75 Å². The van der Waals surface area contributed by atoms with Crippen molar-refractivity contribution in [3.05, 3.63) is 23.0 Å². The second-order valence-corrected chi connectivity index (χ2v) is 3.37. The first-order valence-corrected chi connectivity index (χ1v) is 4.65. The zero-order valence-electron chi connectivity index (χ0n) is 7.78. The topological polar surface area (TPSA) is 56.0 Å². The third-order valence-corrected chi connectivity index (χ3v) is 2.50. The number of rotatable bonds is 2. The average molecular weight is 209 g/mol. The van der Waals surface area contributed by atoms with E-state index >= 15 is 0 Å². The van der Waals surface area contributed by atoms with E-state index in [0.717, 1.165) is 16.8 Å². The minimum absolute atomic E-state index is 0.181. The van der Waals surface area contributed by atoms with Crippen LogP contribution in [-0.2, 0) is 7.05 Å². The van der Waals surface area contributed by atoms with Gasteiger partial charge in [0.2, 0.25) is 0 Å². The van der Waals surface area contributed by atoms with Crippen LogP contribution in [0.15, 0.2) is 18.2 Å². The molecular weight excluding hydrogens is 198 g/mol. The number of aromatic amines is 1. The monoisotopic (exact) mass is 209 g/mol. The molecule has 3 N–H and O–H groups in total. The van der Waals surface area contributed by atoms with Gasteiger partial charge in [-0.05, 0) is 24.4 Å². The van der Waals surface area contributed by atoms with E-state index < -0.39 is 0 Å². The van der Waals surface area contributed by atoms with Crippen molar-refractivity contribution < 1.29 is 4.74 Å². The SMILES string of the molecule is Cn1c(=S)[nH]c2ccc(OCN)cc21. The van der Waals surface area contributed by atoms with Gasteiger partial charge in [0.25, 0.3) is 0 Å². The lowest BCUT2D eigenvalue weighted by atomic mass is 10.3. The molecule has 1 heterocycles. The number of hydrogen-bond donors (Lipinski definition) is 2. The summed E-state index contributed by atoms with van der Waals surface area (Å²) in [7, 11) is 1.91. The maximum absolute atomic E-state index is 5.29. The Balaban J connectivity index is 2.63. The maximum atomic E-state index is 5.29. The minimum atomic E-state index is 0.181. The van der Waals surface area contributed by atoms with Gasteiger partial charge >= 0.3 is 0 Å². The molecule has 2 aromatic rings. The molecule has 0 bridgehead atoms. The summed E-state index contributed by atoms with van der Waals surface area (Å²) in [6.07, 6.45) is 0. The first kappa shape index (κ1) is 9.23. The molecule has 4 nitrogen and oxygen atoms in total. The fraction of sp³-hybridized carbons (Fsp3) is 0.222. The molecule has 0 atom stereocenters. The molecule has 0 aliphatic carbocycles. The summed E-state index contributed by atoms with van der Waals surface area (Å²) in [5.74, 6) is 0.754. The van der Waals surface area contributed by atoms with Crippen LogP contribution in [0.2, 0.25) is 0 Å². The van der Waals surface area contributed by atoms with Crippen LogP contribution in [0.25, 0.3) is 11.0 Å². The maximum Gasteiger partial charge on any atom is 0.177 e. The average Bonchev–Trinajstić information content (AvgIpc) is 2.45. The van der Waals surface area contributed by atoms with Gasteiger partial charge in [-0.2, -0.15) is 0 Å². The third-order valence-electron chi connectivity index (χ3n) is 2.13. The summed E-state index contributed by atoms with van der Waals surface area (Å²) in [6.45, 7) is 0.181. The molecule has 0 unspecified atom stereocenters. The van der Waals surface area contributed by atoms with Crippen molar-refractivity contribution >= 4 is 23.3 Å². The zero-order chi connectivity index (χ0) is 10.1. The zero-order valence-corrected chi connectivity index (χ0v) is 8.60. The highest BCUT2D eigenvalue weighted by Crippen LogP contribution is 2.19. The molecule has 0 spiro atoms. The number of fused-ring (bicyclic) bond motifs is 1. The number of H-pyrrole nitrogens is 1. The van der Waals surface area contributed by atoms with Gasteiger partial charge in [0.15, 0.2) is 4.77 Å². The van der Waals surface area contributed by atoms with Gasteiger partial charge in [-0.25, -0.2) is 0 Å². The molecule has 1 aromatic carbocycles. The van der Waals surface area contributed by atoms with Crippen molar-refractivity contribution in [2.75, 3.05) is 6.73 Å². The Hall–Kier alpha value is -1.33. The van der Waals surface area contributed by atoms with Gasteiger partial charge in [0.1, 0.15) is 12.5 Å². The Morgan fingerprint density at radius 2 is 2.36 bits per heavy atom. The Morgan fingerprint density at radius 1 is 1.57 bits per heavy atom. The van der Waals surface area contributed by atoms with Gasteiger partial charge < -0.3 is 14.3 Å². The number of ether oxygens (including phenoxy) is 1. The molecule has 0 amide bonds. The molecule has 0 aliphatic heterocycles. The molecule has 2 rings (SSSR count). The number of aromatic nitrogens is 2. The number of aryl methyl sites for hydroxylation is 1. The predicted octanol–water partition coefficient (Wildman–Crippen LogP) is 1.53. The van der Waals surface area contributed by atoms with Crippen LogP contribution in [0.4, 0.5) is 0 Å². The number of imidazole rings is 1. The van der Waals surface area contributed by atoms with Crippen molar-refractivity contribution in [3.63, 3.8) is 0 Å². The molecule has 0 saturated carbocycles. The van der Waals surface area contributed by atoms with Gasteiger partial charge in [0.05, 0.1) is 11.0 Å². The van der Waals surface area contributed by atoms with E-state index in [9.17, 15) is 0 Å². The molecule has 74 valence electrons. The fourth-order valence-corrected chi connectivity index (χ4v) is 1.60. The fourth-order valence-electron chi connectivity index (χ4n) is 1.39. The van der Waals surface area contributed by atoms with Crippen LogP contribution >= 0.6 is 12.2 Å². The summed E-state index contributed by atoms with van der Waals surface area (Å²) in [4.78, 5) is 3.09. The highest BCUT2D eigenvalue weighted by atomic mass is 32.1. The molecule has 0 fully saturated rings. The van der Waals surface area contributed by atoms with Crippen molar-refractivity contribution in [2.24, 2.45) is 12.8 Å². The van der Waals surface area contributed by atoms with Crippen LogP contribution in [0.1, 0.15) is 0 Å². The summed E-state index contributed by atoms with van der Waals surface area (Å²) < 4.78 is 7.79. The van der Waals surface area contributed by atoms with E-state index in [1.165, 1.54) is 0 Å². The van der Waals surface area contributed by atoms with Crippen LogP contribution in [0.3, 0.4) is 0 Å². The second-order valence-electron chi connectivity index (χ2n) is 2.98. The highest BCUT2D eigenvalue weighted by Gasteiger charge is 2.01. The lowest BCUT2D eigenvalue weighted by Crippen LogP contribution is -2.07. The normalized spacial score (nSPS) is 10.7. The number of benzene rings is 1. The first-order valence-electron chi connectivity index (χ1n) is 4.24. The molecular formula is C9H11N3OS. The smallest absolute Gasteiger partial charge is 0.177 e. The van der Waals surface area contributed by atoms with Crippen molar-refractivity contribution in [2.45, 2.75) is 0 Å². The molecule has 0 radical (unpaired) electrons. The summed E-state index contributed by atoms with van der Waals surface area (Å²) in [6, 6.07) is 5.70. The van der Waals surface area contributed by atoms with Crippen molar-refractivity contribution in [1.82, 2.24) is 9.55 Å². The van der Waals surface area contributed by atoms with Crippen LogP contribution in [0.5, 0.6) is 5.75 Å². The van der Waals surface area contributed by atoms with Gasteiger partial charge in [-0.1, -0.05) is 0 Å². The highest BCUT2D eigenvalue weighted by molar-refractivity contribution is 7.71. The standard InChI is InChI=1S/C9H11N3OS/c1-12-8-4-6(13-5-10)2-3-7(8)11-9(12)14/h2-4H,5,10H2,1H3,(H,11,14). The van der Waals surface area contributed by atoms with E-state index in [0.29, 0.717) is 4.77 Å². The number of nitrogens with zero attached hydrogens (tertiary/aromatic N) is 1. The molecule has 0 aliphatic rings. The van der Waals surface area contributed by atoms with E-state index in [-0.39, 0.29) is 6.73 Å².